The largest absolute Gasteiger partial charge is 0.465 e. The zero-order valence-corrected chi connectivity index (χ0v) is 16.5. The van der Waals surface area contributed by atoms with Crippen molar-refractivity contribution in [2.45, 2.75) is 65.4 Å². The molecule has 3 aliphatic carbocycles. The summed E-state index contributed by atoms with van der Waals surface area (Å²) in [6.45, 7) is 10.3. The third kappa shape index (κ3) is 3.05. The minimum absolute atomic E-state index is 0.00258. The zero-order chi connectivity index (χ0) is 19.1. The second-order valence-electron chi connectivity index (χ2n) is 9.24. The van der Waals surface area contributed by atoms with E-state index in [4.69, 9.17) is 4.74 Å². The van der Waals surface area contributed by atoms with Crippen LogP contribution in [0, 0.1) is 28.6 Å². The van der Waals surface area contributed by atoms with Gasteiger partial charge in [-0.25, -0.2) is 0 Å². The lowest BCUT2D eigenvalue weighted by Gasteiger charge is -2.62. The molecule has 2 fully saturated rings. The predicted octanol–water partition coefficient (Wildman–Crippen LogP) is 3.63. The molecule has 0 unspecified atom stereocenters. The van der Waals surface area contributed by atoms with Gasteiger partial charge < -0.3 is 14.9 Å². The van der Waals surface area contributed by atoms with Crippen molar-refractivity contribution in [2.75, 3.05) is 13.2 Å². The van der Waals surface area contributed by atoms with Crippen molar-refractivity contribution < 1.29 is 19.7 Å². The van der Waals surface area contributed by atoms with Gasteiger partial charge in [-0.15, -0.1) is 0 Å². The number of aliphatic hydroxyl groups excluding tert-OH is 2. The van der Waals surface area contributed by atoms with E-state index in [1.54, 1.807) is 0 Å². The van der Waals surface area contributed by atoms with Crippen LogP contribution in [-0.2, 0) is 9.53 Å². The van der Waals surface area contributed by atoms with Crippen molar-refractivity contribution in [1.82, 2.24) is 0 Å². The van der Waals surface area contributed by atoms with Gasteiger partial charge in [0.1, 0.15) is 0 Å². The highest BCUT2D eigenvalue weighted by Gasteiger charge is 2.60. The maximum atomic E-state index is 11.4. The van der Waals surface area contributed by atoms with Crippen LogP contribution in [0.2, 0.25) is 0 Å². The fourth-order valence-corrected chi connectivity index (χ4v) is 6.83. The van der Waals surface area contributed by atoms with E-state index < -0.39 is 6.10 Å². The SMILES string of the molecule is C=CC1=C(CO)[C@@H]2C[C@@H](O)[C@H]3[C@](C)(COC(C)=O)CCC[C@]3(C)[C@H]2CC1. The van der Waals surface area contributed by atoms with Gasteiger partial charge in [0, 0.05) is 12.3 Å². The first-order chi connectivity index (χ1) is 12.3. The number of rotatable bonds is 4. The Hall–Kier alpha value is -1.13. The summed E-state index contributed by atoms with van der Waals surface area (Å²) in [5.41, 5.74) is 2.07. The van der Waals surface area contributed by atoms with Gasteiger partial charge in [0.15, 0.2) is 0 Å². The lowest BCUT2D eigenvalue weighted by atomic mass is 9.43. The number of allylic oxidation sites excluding steroid dienone is 2. The normalized spacial score (nSPS) is 42.7. The molecule has 4 heteroatoms. The third-order valence-corrected chi connectivity index (χ3v) is 7.74. The first-order valence-electron chi connectivity index (χ1n) is 10.0. The lowest BCUT2D eigenvalue weighted by molar-refractivity contribution is -0.184. The van der Waals surface area contributed by atoms with E-state index in [2.05, 4.69) is 20.4 Å². The van der Waals surface area contributed by atoms with Crippen molar-refractivity contribution in [1.29, 1.82) is 0 Å². The smallest absolute Gasteiger partial charge is 0.302 e. The van der Waals surface area contributed by atoms with E-state index in [0.29, 0.717) is 18.9 Å². The quantitative estimate of drug-likeness (QED) is 0.750. The Morgan fingerprint density at radius 1 is 1.38 bits per heavy atom. The highest BCUT2D eigenvalue weighted by Crippen LogP contribution is 2.64. The summed E-state index contributed by atoms with van der Waals surface area (Å²) in [6.07, 6.45) is 7.34. The van der Waals surface area contributed by atoms with Gasteiger partial charge in [0.05, 0.1) is 19.3 Å². The summed E-state index contributed by atoms with van der Waals surface area (Å²) in [6, 6.07) is 0. The van der Waals surface area contributed by atoms with Gasteiger partial charge in [-0.2, -0.15) is 0 Å². The molecule has 0 spiro atoms. The molecule has 0 aromatic rings. The van der Waals surface area contributed by atoms with Gasteiger partial charge in [-0.1, -0.05) is 32.9 Å². The molecule has 0 saturated heterocycles. The molecule has 0 aliphatic heterocycles. The molecule has 3 rings (SSSR count). The number of carbonyl (C=O) groups is 1. The number of hydrogen-bond acceptors (Lipinski definition) is 4. The highest BCUT2D eigenvalue weighted by molar-refractivity contribution is 5.65. The van der Waals surface area contributed by atoms with E-state index in [0.717, 1.165) is 37.7 Å². The minimum Gasteiger partial charge on any atom is -0.465 e. The number of fused-ring (bicyclic) bond motifs is 3. The molecule has 0 heterocycles. The van der Waals surface area contributed by atoms with Crippen LogP contribution in [0.4, 0.5) is 0 Å². The molecule has 26 heavy (non-hydrogen) atoms. The molecule has 3 aliphatic rings. The number of hydrogen-bond donors (Lipinski definition) is 2. The maximum absolute atomic E-state index is 11.4. The molecule has 146 valence electrons. The van der Waals surface area contributed by atoms with Crippen molar-refractivity contribution >= 4 is 5.97 Å². The van der Waals surface area contributed by atoms with Crippen LogP contribution in [-0.4, -0.2) is 35.5 Å². The molecule has 2 N–H and O–H groups in total. The van der Waals surface area contributed by atoms with Crippen LogP contribution in [0.5, 0.6) is 0 Å². The van der Waals surface area contributed by atoms with Gasteiger partial charge in [-0.3, -0.25) is 4.79 Å². The van der Waals surface area contributed by atoms with Crippen LogP contribution in [0.3, 0.4) is 0 Å². The molecule has 0 radical (unpaired) electrons. The Labute approximate surface area is 157 Å². The number of aliphatic hydroxyl groups is 2. The summed E-state index contributed by atoms with van der Waals surface area (Å²) in [7, 11) is 0. The molecular weight excluding hydrogens is 328 g/mol. The predicted molar refractivity (Wildman–Crippen MR) is 101 cm³/mol. The molecule has 0 amide bonds. The molecular formula is C22H34O4. The van der Waals surface area contributed by atoms with Crippen molar-refractivity contribution in [3.05, 3.63) is 23.8 Å². The standard InChI is InChI=1S/C22H34O4/c1-5-15-7-8-18-16(17(15)12-23)11-19(25)20-21(3,13-26-14(2)24)9-6-10-22(18,20)4/h5,16,18-20,23,25H,1,6-13H2,2-4H3/t16-,18-,19+,20-,21-,22+/m0/s1. The first-order valence-corrected chi connectivity index (χ1v) is 10.0. The second kappa shape index (κ2) is 7.12. The first kappa shape index (κ1) is 19.6. The van der Waals surface area contributed by atoms with Crippen molar-refractivity contribution in [3.8, 4) is 0 Å². The van der Waals surface area contributed by atoms with Gasteiger partial charge >= 0.3 is 5.97 Å². The third-order valence-electron chi connectivity index (χ3n) is 7.74. The summed E-state index contributed by atoms with van der Waals surface area (Å²) < 4.78 is 5.43. The van der Waals surface area contributed by atoms with E-state index in [-0.39, 0.29) is 35.2 Å². The van der Waals surface area contributed by atoms with Crippen LogP contribution >= 0.6 is 0 Å². The fraction of sp³-hybridized carbons (Fsp3) is 0.773. The fourth-order valence-electron chi connectivity index (χ4n) is 6.83. The topological polar surface area (TPSA) is 66.8 Å². The Bertz CT molecular complexity index is 609. The number of carbonyl (C=O) groups excluding carboxylic acids is 1. The van der Waals surface area contributed by atoms with Crippen molar-refractivity contribution in [3.63, 3.8) is 0 Å². The van der Waals surface area contributed by atoms with Crippen LogP contribution < -0.4 is 0 Å². The van der Waals surface area contributed by atoms with Crippen LogP contribution in [0.25, 0.3) is 0 Å². The van der Waals surface area contributed by atoms with Gasteiger partial charge in [0.2, 0.25) is 0 Å². The Balaban J connectivity index is 1.97. The van der Waals surface area contributed by atoms with Crippen LogP contribution in [0.15, 0.2) is 23.8 Å². The maximum Gasteiger partial charge on any atom is 0.302 e. The van der Waals surface area contributed by atoms with Gasteiger partial charge in [0.25, 0.3) is 0 Å². The molecule has 2 saturated carbocycles. The van der Waals surface area contributed by atoms with E-state index in [1.807, 2.05) is 6.08 Å². The summed E-state index contributed by atoms with van der Waals surface area (Å²) >= 11 is 0. The average Bonchev–Trinajstić information content (AvgIpc) is 2.58. The second-order valence-corrected chi connectivity index (χ2v) is 9.24. The van der Waals surface area contributed by atoms with Crippen LogP contribution in [0.1, 0.15) is 59.3 Å². The summed E-state index contributed by atoms with van der Waals surface area (Å²) in [5, 5.41) is 21.2. The molecule has 0 aromatic heterocycles. The van der Waals surface area contributed by atoms with E-state index >= 15 is 0 Å². The highest BCUT2D eigenvalue weighted by atomic mass is 16.5. The Kier molecular flexibility index (Phi) is 5.38. The van der Waals surface area contributed by atoms with Gasteiger partial charge in [-0.05, 0) is 66.4 Å². The average molecular weight is 363 g/mol. The monoisotopic (exact) mass is 362 g/mol. The molecule has 0 aromatic carbocycles. The summed E-state index contributed by atoms with van der Waals surface area (Å²) in [5.74, 6) is 0.558. The van der Waals surface area contributed by atoms with E-state index in [1.165, 1.54) is 12.5 Å². The Morgan fingerprint density at radius 2 is 2.12 bits per heavy atom. The number of ether oxygens (including phenoxy) is 1. The summed E-state index contributed by atoms with van der Waals surface area (Å²) in [4.78, 5) is 11.4. The molecule has 4 nitrogen and oxygen atoms in total. The van der Waals surface area contributed by atoms with E-state index in [9.17, 15) is 15.0 Å². The molecule has 0 bridgehead atoms. The zero-order valence-electron chi connectivity index (χ0n) is 16.5. The van der Waals surface area contributed by atoms with Crippen molar-refractivity contribution in [2.24, 2.45) is 28.6 Å². The lowest BCUT2D eigenvalue weighted by Crippen LogP contribution is -2.60. The minimum atomic E-state index is -0.437. The molecule has 6 atom stereocenters. The number of esters is 1. The Morgan fingerprint density at radius 3 is 2.73 bits per heavy atom.